The van der Waals surface area contributed by atoms with Gasteiger partial charge in [-0.2, -0.15) is 13.2 Å². The molecule has 1 amide bonds. The van der Waals surface area contributed by atoms with E-state index >= 15 is 0 Å². The van der Waals surface area contributed by atoms with Gasteiger partial charge in [-0.25, -0.2) is 0 Å². The van der Waals surface area contributed by atoms with Gasteiger partial charge in [-0.05, 0) is 23.8 Å². The van der Waals surface area contributed by atoms with Crippen molar-refractivity contribution in [3.05, 3.63) is 65.3 Å². The predicted octanol–water partition coefficient (Wildman–Crippen LogP) is 4.79. The molecular formula is C19H16ClF3N2O2. The first-order valence-corrected chi connectivity index (χ1v) is 8.52. The lowest BCUT2D eigenvalue weighted by Crippen LogP contribution is -2.42. The van der Waals surface area contributed by atoms with Crippen LogP contribution in [0.5, 0.6) is 5.75 Å². The minimum absolute atomic E-state index is 0.0867. The number of fused-ring (bicyclic) bond motifs is 1. The number of carbonyl (C=O) groups is 1. The van der Waals surface area contributed by atoms with E-state index in [1.165, 1.54) is 0 Å². The zero-order valence-corrected chi connectivity index (χ0v) is 14.8. The van der Waals surface area contributed by atoms with Crippen LogP contribution in [0, 0.1) is 0 Å². The van der Waals surface area contributed by atoms with Gasteiger partial charge >= 0.3 is 12.1 Å². The smallest absolute Gasteiger partial charge is 0.471 e. The third-order valence-corrected chi connectivity index (χ3v) is 4.31. The zero-order valence-electron chi connectivity index (χ0n) is 14.1. The van der Waals surface area contributed by atoms with Crippen LogP contribution < -0.4 is 4.74 Å². The Bertz CT molecular complexity index is 926. The summed E-state index contributed by atoms with van der Waals surface area (Å²) >= 11 is 6.07. The highest BCUT2D eigenvalue weighted by molar-refractivity contribution is 6.35. The fraction of sp³-hybridized carbons (Fsp3) is 0.211. The molecule has 0 saturated carbocycles. The van der Waals surface area contributed by atoms with Crippen LogP contribution in [0.2, 0.25) is 5.02 Å². The van der Waals surface area contributed by atoms with Crippen molar-refractivity contribution in [3.8, 4) is 5.75 Å². The molecule has 142 valence electrons. The zero-order chi connectivity index (χ0) is 19.4. The van der Waals surface area contributed by atoms with E-state index in [9.17, 15) is 18.0 Å². The van der Waals surface area contributed by atoms with Gasteiger partial charge in [0.25, 0.3) is 0 Å². The van der Waals surface area contributed by atoms with Crippen LogP contribution in [0.1, 0.15) is 5.56 Å². The molecule has 1 heterocycles. The molecule has 3 rings (SSSR count). The number of H-pyrrole nitrogens is 1. The number of carbonyl (C=O) groups excluding carboxylic acids is 1. The van der Waals surface area contributed by atoms with Crippen LogP contribution in [0.15, 0.2) is 54.7 Å². The average Bonchev–Trinajstić information content (AvgIpc) is 3.13. The Balaban J connectivity index is 1.71. The maximum Gasteiger partial charge on any atom is 0.471 e. The van der Waals surface area contributed by atoms with Gasteiger partial charge in [0.2, 0.25) is 0 Å². The first-order chi connectivity index (χ1) is 12.9. The largest absolute Gasteiger partial charge is 0.491 e. The predicted molar refractivity (Wildman–Crippen MR) is 96.7 cm³/mol. The summed E-state index contributed by atoms with van der Waals surface area (Å²) in [6, 6.07) is 13.5. The maximum atomic E-state index is 12.9. The summed E-state index contributed by atoms with van der Waals surface area (Å²) in [5.74, 6) is -1.41. The standard InChI is InChI=1S/C19H16ClF3N2O2/c20-15-6-7-16(14-8-9-24-17(14)15)27-11-10-25(18(26)19(21,22)23)12-13-4-2-1-3-5-13/h1-9,24H,10-12H2. The van der Waals surface area contributed by atoms with E-state index in [0.717, 1.165) is 10.3 Å². The summed E-state index contributed by atoms with van der Waals surface area (Å²) in [5, 5.41) is 1.24. The van der Waals surface area contributed by atoms with Crippen LogP contribution in [-0.2, 0) is 11.3 Å². The molecule has 0 fully saturated rings. The molecule has 1 aromatic heterocycles. The molecule has 4 nitrogen and oxygen atoms in total. The third kappa shape index (κ3) is 4.54. The number of aromatic amines is 1. The molecule has 0 spiro atoms. The van der Waals surface area contributed by atoms with Crippen LogP contribution in [0.4, 0.5) is 13.2 Å². The van der Waals surface area contributed by atoms with E-state index in [4.69, 9.17) is 16.3 Å². The Hall–Kier alpha value is -2.67. The molecule has 0 bridgehead atoms. The minimum atomic E-state index is -4.94. The monoisotopic (exact) mass is 396 g/mol. The number of benzene rings is 2. The van der Waals surface area contributed by atoms with Gasteiger partial charge in [0.1, 0.15) is 12.4 Å². The molecule has 0 aliphatic heterocycles. The fourth-order valence-electron chi connectivity index (χ4n) is 2.72. The van der Waals surface area contributed by atoms with Crippen molar-refractivity contribution in [3.63, 3.8) is 0 Å². The van der Waals surface area contributed by atoms with Gasteiger partial charge < -0.3 is 14.6 Å². The van der Waals surface area contributed by atoms with Crippen molar-refractivity contribution >= 4 is 28.4 Å². The second-order valence-corrected chi connectivity index (χ2v) is 6.28. The molecule has 0 atom stereocenters. The van der Waals surface area contributed by atoms with E-state index in [-0.39, 0.29) is 19.7 Å². The molecule has 3 aromatic rings. The van der Waals surface area contributed by atoms with Crippen LogP contribution in [0.3, 0.4) is 0 Å². The lowest BCUT2D eigenvalue weighted by molar-refractivity contribution is -0.186. The van der Waals surface area contributed by atoms with Gasteiger partial charge in [0.15, 0.2) is 0 Å². The van der Waals surface area contributed by atoms with Gasteiger partial charge in [-0.3, -0.25) is 4.79 Å². The van der Waals surface area contributed by atoms with Gasteiger partial charge in [0.05, 0.1) is 17.1 Å². The molecule has 0 aliphatic carbocycles. The molecule has 0 aliphatic rings. The average molecular weight is 397 g/mol. The number of ether oxygens (including phenoxy) is 1. The van der Waals surface area contributed by atoms with E-state index in [2.05, 4.69) is 4.98 Å². The Morgan fingerprint density at radius 2 is 1.85 bits per heavy atom. The van der Waals surface area contributed by atoms with Crippen molar-refractivity contribution < 1.29 is 22.7 Å². The highest BCUT2D eigenvalue weighted by atomic mass is 35.5. The normalized spacial score (nSPS) is 11.6. The van der Waals surface area contributed by atoms with Crippen molar-refractivity contribution in [1.29, 1.82) is 0 Å². The number of amides is 1. The number of hydrogen-bond donors (Lipinski definition) is 1. The van der Waals surface area contributed by atoms with Crippen LogP contribution >= 0.6 is 11.6 Å². The van der Waals surface area contributed by atoms with Crippen LogP contribution in [-0.4, -0.2) is 35.1 Å². The Labute approximate surface area is 158 Å². The fourth-order valence-corrected chi connectivity index (χ4v) is 2.94. The number of alkyl halides is 3. The van der Waals surface area contributed by atoms with Crippen molar-refractivity contribution in [2.45, 2.75) is 12.7 Å². The molecule has 27 heavy (non-hydrogen) atoms. The first-order valence-electron chi connectivity index (χ1n) is 8.14. The summed E-state index contributed by atoms with van der Waals surface area (Å²) in [6.07, 6.45) is -3.25. The van der Waals surface area contributed by atoms with Gasteiger partial charge in [0, 0.05) is 18.1 Å². The summed E-state index contributed by atoms with van der Waals surface area (Å²) in [5.41, 5.74) is 1.29. The van der Waals surface area contributed by atoms with Gasteiger partial charge in [-0.1, -0.05) is 41.9 Å². The second kappa shape index (κ2) is 7.92. The topological polar surface area (TPSA) is 45.3 Å². The number of hydrogen-bond acceptors (Lipinski definition) is 2. The Kier molecular flexibility index (Phi) is 5.60. The molecule has 0 saturated heterocycles. The third-order valence-electron chi connectivity index (χ3n) is 4.00. The van der Waals surface area contributed by atoms with Crippen molar-refractivity contribution in [1.82, 2.24) is 9.88 Å². The number of halogens is 4. The van der Waals surface area contributed by atoms with E-state index in [0.29, 0.717) is 21.9 Å². The van der Waals surface area contributed by atoms with Gasteiger partial charge in [-0.15, -0.1) is 0 Å². The van der Waals surface area contributed by atoms with E-state index in [1.54, 1.807) is 54.7 Å². The SMILES string of the molecule is O=C(N(CCOc1ccc(Cl)c2[nH]ccc12)Cc1ccccc1)C(F)(F)F. The number of nitrogens with one attached hydrogen (secondary N) is 1. The second-order valence-electron chi connectivity index (χ2n) is 5.87. The maximum absolute atomic E-state index is 12.9. The summed E-state index contributed by atoms with van der Waals surface area (Å²) < 4.78 is 44.4. The highest BCUT2D eigenvalue weighted by Gasteiger charge is 2.42. The van der Waals surface area contributed by atoms with Crippen LogP contribution in [0.25, 0.3) is 10.9 Å². The number of rotatable bonds is 6. The number of nitrogens with zero attached hydrogens (tertiary/aromatic N) is 1. The Morgan fingerprint density at radius 1 is 1.11 bits per heavy atom. The van der Waals surface area contributed by atoms with E-state index < -0.39 is 12.1 Å². The Morgan fingerprint density at radius 3 is 2.56 bits per heavy atom. The summed E-state index contributed by atoms with van der Waals surface area (Å²) in [4.78, 5) is 15.5. The highest BCUT2D eigenvalue weighted by Crippen LogP contribution is 2.30. The molecule has 1 N–H and O–H groups in total. The first kappa shape index (κ1) is 19.1. The lowest BCUT2D eigenvalue weighted by Gasteiger charge is -2.24. The van der Waals surface area contributed by atoms with Crippen molar-refractivity contribution in [2.75, 3.05) is 13.2 Å². The molecule has 8 heteroatoms. The summed E-state index contributed by atoms with van der Waals surface area (Å²) in [6.45, 7) is -0.443. The van der Waals surface area contributed by atoms with E-state index in [1.807, 2.05) is 0 Å². The quantitative estimate of drug-likeness (QED) is 0.651. The number of aromatic nitrogens is 1. The molecule has 0 radical (unpaired) electrons. The molecule has 2 aromatic carbocycles. The van der Waals surface area contributed by atoms with Crippen molar-refractivity contribution in [2.24, 2.45) is 0 Å². The lowest BCUT2D eigenvalue weighted by atomic mass is 10.2. The molecular weight excluding hydrogens is 381 g/mol. The minimum Gasteiger partial charge on any atom is -0.491 e. The summed E-state index contributed by atoms with van der Waals surface area (Å²) in [7, 11) is 0. The molecule has 0 unspecified atom stereocenters.